The van der Waals surface area contributed by atoms with Gasteiger partial charge in [-0.2, -0.15) is 0 Å². The Kier molecular flexibility index (Phi) is 4.34. The molecule has 0 N–H and O–H groups in total. The molecule has 2 heterocycles. The maximum atomic E-state index is 12.2. The van der Waals surface area contributed by atoms with Crippen LogP contribution < -0.4 is 0 Å². The normalized spacial score (nSPS) is 27.6. The van der Waals surface area contributed by atoms with E-state index < -0.39 is 5.60 Å². The standard InChI is InChI=1S/C17H26N2O2/c1-7-12(2)8-13(3)18-10-15-9-14(18)11-19(15)16(20)21-17(4,5)6/h1,8,13-15H,9-11H2,2-6H3/b12-8+. The fourth-order valence-electron chi connectivity index (χ4n) is 3.25. The Morgan fingerprint density at radius 3 is 2.52 bits per heavy atom. The maximum Gasteiger partial charge on any atom is 0.410 e. The van der Waals surface area contributed by atoms with E-state index in [1.807, 2.05) is 32.6 Å². The van der Waals surface area contributed by atoms with Gasteiger partial charge in [0, 0.05) is 31.2 Å². The summed E-state index contributed by atoms with van der Waals surface area (Å²) in [5.74, 6) is 2.67. The zero-order chi connectivity index (χ0) is 15.8. The van der Waals surface area contributed by atoms with Crippen LogP contribution in [0.5, 0.6) is 0 Å². The first-order chi connectivity index (χ1) is 9.71. The number of piperazine rings is 1. The lowest BCUT2D eigenvalue weighted by molar-refractivity contribution is 0.0114. The minimum absolute atomic E-state index is 0.183. The molecule has 116 valence electrons. The fourth-order valence-corrected chi connectivity index (χ4v) is 3.25. The van der Waals surface area contributed by atoms with Crippen molar-refractivity contribution in [3.05, 3.63) is 11.6 Å². The lowest BCUT2D eigenvalue weighted by atomic mass is 10.1. The highest BCUT2D eigenvalue weighted by Crippen LogP contribution is 2.33. The quantitative estimate of drug-likeness (QED) is 0.733. The van der Waals surface area contributed by atoms with Crippen molar-refractivity contribution in [1.82, 2.24) is 9.80 Å². The van der Waals surface area contributed by atoms with Gasteiger partial charge in [0.2, 0.25) is 0 Å². The molecule has 0 spiro atoms. The van der Waals surface area contributed by atoms with E-state index in [9.17, 15) is 4.79 Å². The van der Waals surface area contributed by atoms with E-state index in [2.05, 4.69) is 23.8 Å². The number of carbonyl (C=O) groups is 1. The Morgan fingerprint density at radius 2 is 2.05 bits per heavy atom. The van der Waals surface area contributed by atoms with Crippen LogP contribution in [0.1, 0.15) is 41.0 Å². The van der Waals surface area contributed by atoms with Crippen molar-refractivity contribution >= 4 is 6.09 Å². The van der Waals surface area contributed by atoms with Gasteiger partial charge in [-0.05, 0) is 46.6 Å². The Balaban J connectivity index is 1.96. The number of nitrogens with zero attached hydrogens (tertiary/aromatic N) is 2. The van der Waals surface area contributed by atoms with E-state index in [1.165, 1.54) is 0 Å². The molecule has 2 aliphatic rings. The zero-order valence-corrected chi connectivity index (χ0v) is 13.7. The van der Waals surface area contributed by atoms with E-state index in [4.69, 9.17) is 11.2 Å². The number of hydrogen-bond donors (Lipinski definition) is 0. The smallest absolute Gasteiger partial charge is 0.410 e. The van der Waals surface area contributed by atoms with Crippen molar-refractivity contribution in [2.45, 2.75) is 64.8 Å². The van der Waals surface area contributed by atoms with Gasteiger partial charge in [-0.15, -0.1) is 6.42 Å². The summed E-state index contributed by atoms with van der Waals surface area (Å²) in [5, 5.41) is 0. The molecule has 2 rings (SSSR count). The monoisotopic (exact) mass is 290 g/mol. The van der Waals surface area contributed by atoms with Gasteiger partial charge in [-0.3, -0.25) is 4.90 Å². The topological polar surface area (TPSA) is 32.8 Å². The van der Waals surface area contributed by atoms with Gasteiger partial charge in [0.15, 0.2) is 0 Å². The van der Waals surface area contributed by atoms with Crippen LogP contribution in [0.3, 0.4) is 0 Å². The van der Waals surface area contributed by atoms with Crippen molar-refractivity contribution in [3.63, 3.8) is 0 Å². The van der Waals surface area contributed by atoms with Crippen LogP contribution in [0.4, 0.5) is 4.79 Å². The second-order valence-electron chi connectivity index (χ2n) is 7.11. The molecule has 0 aliphatic carbocycles. The van der Waals surface area contributed by atoms with Gasteiger partial charge in [0.1, 0.15) is 5.60 Å². The molecule has 4 nitrogen and oxygen atoms in total. The average Bonchev–Trinajstić information content (AvgIpc) is 2.95. The summed E-state index contributed by atoms with van der Waals surface area (Å²) in [5.41, 5.74) is 0.535. The minimum atomic E-state index is -0.432. The molecule has 2 saturated heterocycles. The Morgan fingerprint density at radius 1 is 1.38 bits per heavy atom. The molecule has 0 radical (unpaired) electrons. The highest BCUT2D eigenvalue weighted by molar-refractivity contribution is 5.69. The summed E-state index contributed by atoms with van der Waals surface area (Å²) in [4.78, 5) is 16.5. The molecule has 3 atom stereocenters. The Hall–Kier alpha value is -1.47. The third kappa shape index (κ3) is 3.59. The molecule has 2 fully saturated rings. The van der Waals surface area contributed by atoms with Crippen molar-refractivity contribution in [1.29, 1.82) is 0 Å². The Labute approximate surface area is 128 Å². The number of allylic oxidation sites excluding steroid dienone is 1. The molecule has 3 unspecified atom stereocenters. The number of rotatable bonds is 2. The number of ether oxygens (including phenoxy) is 1. The van der Waals surface area contributed by atoms with Gasteiger partial charge in [-0.1, -0.05) is 12.0 Å². The highest BCUT2D eigenvalue weighted by Gasteiger charge is 2.47. The number of amides is 1. The molecule has 1 amide bonds. The van der Waals surface area contributed by atoms with Crippen LogP contribution in [0.25, 0.3) is 0 Å². The minimum Gasteiger partial charge on any atom is -0.444 e. The van der Waals surface area contributed by atoms with E-state index in [1.54, 1.807) is 0 Å². The van der Waals surface area contributed by atoms with E-state index in [0.29, 0.717) is 12.1 Å². The molecular weight excluding hydrogens is 264 g/mol. The van der Waals surface area contributed by atoms with E-state index >= 15 is 0 Å². The lowest BCUT2D eigenvalue weighted by Crippen LogP contribution is -2.52. The molecule has 2 bridgehead atoms. The second-order valence-corrected chi connectivity index (χ2v) is 7.11. The van der Waals surface area contributed by atoms with Gasteiger partial charge >= 0.3 is 6.09 Å². The van der Waals surface area contributed by atoms with Gasteiger partial charge in [0.25, 0.3) is 0 Å². The second kappa shape index (κ2) is 5.73. The lowest BCUT2D eigenvalue weighted by Gasteiger charge is -2.37. The molecule has 0 saturated carbocycles. The number of carbonyl (C=O) groups excluding carboxylic acids is 1. The van der Waals surface area contributed by atoms with Crippen LogP contribution in [-0.4, -0.2) is 52.7 Å². The van der Waals surface area contributed by atoms with Crippen molar-refractivity contribution in [2.75, 3.05) is 13.1 Å². The number of fused-ring (bicyclic) bond motifs is 2. The molecule has 0 aromatic rings. The van der Waals surface area contributed by atoms with Crippen LogP contribution in [0.2, 0.25) is 0 Å². The van der Waals surface area contributed by atoms with Crippen LogP contribution in [-0.2, 0) is 4.74 Å². The van der Waals surface area contributed by atoms with Crippen LogP contribution in [0.15, 0.2) is 11.6 Å². The predicted octanol–water partition coefficient (Wildman–Crippen LogP) is 2.65. The summed E-state index contributed by atoms with van der Waals surface area (Å²) in [6.07, 6.45) is 8.38. The van der Waals surface area contributed by atoms with Gasteiger partial charge in [0.05, 0.1) is 0 Å². The molecule has 2 aliphatic heterocycles. The molecule has 0 aromatic heterocycles. The van der Waals surface area contributed by atoms with E-state index in [-0.39, 0.29) is 12.1 Å². The first kappa shape index (κ1) is 15.9. The van der Waals surface area contributed by atoms with Crippen LogP contribution in [0, 0.1) is 12.3 Å². The molecule has 0 aromatic carbocycles. The zero-order valence-electron chi connectivity index (χ0n) is 13.7. The first-order valence-electron chi connectivity index (χ1n) is 7.61. The van der Waals surface area contributed by atoms with Crippen molar-refractivity contribution < 1.29 is 9.53 Å². The predicted molar refractivity (Wildman–Crippen MR) is 83.9 cm³/mol. The summed E-state index contributed by atoms with van der Waals surface area (Å²) < 4.78 is 5.48. The van der Waals surface area contributed by atoms with Crippen molar-refractivity contribution in [2.24, 2.45) is 0 Å². The molecule has 4 heteroatoms. The molecule has 21 heavy (non-hydrogen) atoms. The summed E-state index contributed by atoms with van der Waals surface area (Å²) in [6.45, 7) is 11.5. The maximum absolute atomic E-state index is 12.2. The third-order valence-corrected chi connectivity index (χ3v) is 4.15. The SMILES string of the molecule is C#C/C(C)=C/C(C)N1CC2CC1CN2C(=O)OC(C)(C)C. The summed E-state index contributed by atoms with van der Waals surface area (Å²) in [6, 6.07) is 1.00. The van der Waals surface area contributed by atoms with E-state index in [0.717, 1.165) is 25.1 Å². The Bertz CT molecular complexity index is 484. The fraction of sp³-hybridized carbons (Fsp3) is 0.706. The van der Waals surface area contributed by atoms with Gasteiger partial charge < -0.3 is 9.64 Å². The number of terminal acetylenes is 1. The number of likely N-dealkylation sites (tertiary alicyclic amines) is 2. The van der Waals surface area contributed by atoms with Gasteiger partial charge in [-0.25, -0.2) is 4.79 Å². The van der Waals surface area contributed by atoms with Crippen LogP contribution >= 0.6 is 0 Å². The highest BCUT2D eigenvalue weighted by atomic mass is 16.6. The third-order valence-electron chi connectivity index (χ3n) is 4.15. The average molecular weight is 290 g/mol. The summed E-state index contributed by atoms with van der Waals surface area (Å²) in [7, 11) is 0. The molecular formula is C17H26N2O2. The summed E-state index contributed by atoms with van der Waals surface area (Å²) >= 11 is 0. The first-order valence-corrected chi connectivity index (χ1v) is 7.61. The largest absolute Gasteiger partial charge is 0.444 e. The van der Waals surface area contributed by atoms with Crippen molar-refractivity contribution in [3.8, 4) is 12.3 Å². The number of hydrogen-bond acceptors (Lipinski definition) is 3.